The lowest BCUT2D eigenvalue weighted by atomic mass is 9.96. The third kappa shape index (κ3) is 4.28. The van der Waals surface area contributed by atoms with Gasteiger partial charge in [-0.1, -0.05) is 140 Å². The highest BCUT2D eigenvalue weighted by Crippen LogP contribution is 2.45. The maximum Gasteiger partial charge on any atom is 0.171 e. The van der Waals surface area contributed by atoms with Crippen molar-refractivity contribution in [2.75, 3.05) is 0 Å². The number of nitrogens with zero attached hydrogens (tertiary/aromatic N) is 2. The Morgan fingerprint density at radius 3 is 1.77 bits per heavy atom. The third-order valence-electron chi connectivity index (χ3n) is 9.24. The van der Waals surface area contributed by atoms with E-state index in [0.717, 1.165) is 60.2 Å². The lowest BCUT2D eigenvalue weighted by Gasteiger charge is -2.21. The van der Waals surface area contributed by atoms with Gasteiger partial charge in [0.05, 0.1) is 22.2 Å². The Morgan fingerprint density at radius 2 is 1.04 bits per heavy atom. The predicted octanol–water partition coefficient (Wildman–Crippen LogP) is 9.79. The number of para-hydroxylation sites is 3. The Bertz CT molecular complexity index is 2600. The van der Waals surface area contributed by atoms with E-state index in [9.17, 15) is 0 Å². The van der Waals surface area contributed by atoms with Crippen LogP contribution in [0.25, 0.3) is 60.4 Å². The molecule has 0 unspecified atom stereocenters. The minimum absolute atomic E-state index is 0.789. The minimum Gasteiger partial charge on any atom is -0.309 e. The second-order valence-corrected chi connectivity index (χ2v) is 14.6. The van der Waals surface area contributed by atoms with Gasteiger partial charge >= 0.3 is 0 Å². The topological polar surface area (TPSA) is 34.9 Å². The standard InChI is InChI=1S/C43H29N2OP/c46-47(32-18-6-2-7-19-32,33-20-8-3-9-21-33)34-22-14-15-30(29-34)43-37-27-28-40-42(41(37)35-23-10-12-25-38(35)44-43)36-24-11-13-26-39(36)45(40)31-16-4-1-5-17-31/h1-29H. The molecule has 9 rings (SSSR count). The van der Waals surface area contributed by atoms with Crippen LogP contribution in [-0.4, -0.2) is 9.55 Å². The van der Waals surface area contributed by atoms with Crippen LogP contribution in [0.5, 0.6) is 0 Å². The molecule has 7 aromatic carbocycles. The van der Waals surface area contributed by atoms with Crippen LogP contribution in [0.4, 0.5) is 0 Å². The molecule has 9 aromatic rings. The van der Waals surface area contributed by atoms with Crippen LogP contribution < -0.4 is 15.9 Å². The van der Waals surface area contributed by atoms with Gasteiger partial charge in [0.25, 0.3) is 0 Å². The zero-order valence-electron chi connectivity index (χ0n) is 25.5. The van der Waals surface area contributed by atoms with Crippen LogP contribution in [0.15, 0.2) is 176 Å². The van der Waals surface area contributed by atoms with Crippen molar-refractivity contribution in [1.29, 1.82) is 0 Å². The molecular formula is C43H29N2OP. The summed E-state index contributed by atoms with van der Waals surface area (Å²) in [4.78, 5) is 5.30. The van der Waals surface area contributed by atoms with E-state index in [-0.39, 0.29) is 0 Å². The number of aromatic nitrogens is 2. The molecule has 0 amide bonds. The normalized spacial score (nSPS) is 11.9. The van der Waals surface area contributed by atoms with Gasteiger partial charge in [-0.15, -0.1) is 0 Å². The summed E-state index contributed by atoms with van der Waals surface area (Å²) in [6, 6.07) is 60.0. The number of pyridine rings is 1. The molecule has 0 saturated carbocycles. The Hall–Kier alpha value is -5.76. The summed E-state index contributed by atoms with van der Waals surface area (Å²) in [5, 5.41) is 8.18. The number of fused-ring (bicyclic) bond motifs is 7. The van der Waals surface area contributed by atoms with E-state index >= 15 is 4.57 Å². The molecule has 0 radical (unpaired) electrons. The summed E-state index contributed by atoms with van der Waals surface area (Å²) in [6.45, 7) is 0. The summed E-state index contributed by atoms with van der Waals surface area (Å²) in [7, 11) is -3.17. The van der Waals surface area contributed by atoms with Crippen molar-refractivity contribution in [3.8, 4) is 16.9 Å². The summed E-state index contributed by atoms with van der Waals surface area (Å²) in [6.07, 6.45) is 0. The van der Waals surface area contributed by atoms with Crippen molar-refractivity contribution in [3.63, 3.8) is 0 Å². The van der Waals surface area contributed by atoms with Crippen LogP contribution in [0, 0.1) is 0 Å². The minimum atomic E-state index is -3.17. The van der Waals surface area contributed by atoms with Gasteiger partial charge in [0, 0.05) is 54.1 Å². The van der Waals surface area contributed by atoms with E-state index < -0.39 is 7.14 Å². The lowest BCUT2D eigenvalue weighted by molar-refractivity contribution is 0.592. The molecule has 0 N–H and O–H groups in total. The van der Waals surface area contributed by atoms with Crippen molar-refractivity contribution >= 4 is 66.5 Å². The maximum absolute atomic E-state index is 15.3. The van der Waals surface area contributed by atoms with E-state index in [1.165, 1.54) is 16.2 Å². The average molecular weight is 621 g/mol. The first-order valence-corrected chi connectivity index (χ1v) is 17.5. The van der Waals surface area contributed by atoms with E-state index in [1.807, 2.05) is 78.9 Å². The average Bonchev–Trinajstić information content (AvgIpc) is 3.50. The SMILES string of the molecule is O=P(c1ccccc1)(c1ccccc1)c1cccc(-c2nc3ccccc3c3c2ccc2c3c3ccccc3n2-c2ccccc2)c1. The Kier molecular flexibility index (Phi) is 6.41. The smallest absolute Gasteiger partial charge is 0.171 e. The molecular weight excluding hydrogens is 591 g/mol. The van der Waals surface area contributed by atoms with Crippen LogP contribution in [0.3, 0.4) is 0 Å². The highest BCUT2D eigenvalue weighted by molar-refractivity contribution is 7.85. The Labute approximate surface area is 272 Å². The summed E-state index contributed by atoms with van der Waals surface area (Å²) in [5.74, 6) is 0. The number of hydrogen-bond donors (Lipinski definition) is 0. The van der Waals surface area contributed by atoms with Crippen molar-refractivity contribution in [2.45, 2.75) is 0 Å². The molecule has 0 aliphatic heterocycles. The van der Waals surface area contributed by atoms with E-state index in [1.54, 1.807) is 0 Å². The van der Waals surface area contributed by atoms with E-state index in [0.29, 0.717) is 0 Å². The molecule has 0 aliphatic carbocycles. The largest absolute Gasteiger partial charge is 0.309 e. The van der Waals surface area contributed by atoms with Gasteiger partial charge in [0.15, 0.2) is 7.14 Å². The molecule has 2 aromatic heterocycles. The van der Waals surface area contributed by atoms with Crippen LogP contribution in [-0.2, 0) is 4.57 Å². The Balaban J connectivity index is 1.36. The first-order valence-electron chi connectivity index (χ1n) is 15.8. The van der Waals surface area contributed by atoms with E-state index in [4.69, 9.17) is 4.98 Å². The molecule has 0 atom stereocenters. The molecule has 0 spiro atoms. The first kappa shape index (κ1) is 27.5. The highest BCUT2D eigenvalue weighted by Gasteiger charge is 2.30. The molecule has 47 heavy (non-hydrogen) atoms. The van der Waals surface area contributed by atoms with Crippen molar-refractivity contribution < 1.29 is 4.57 Å². The molecule has 222 valence electrons. The highest BCUT2D eigenvalue weighted by atomic mass is 31.2. The second kappa shape index (κ2) is 10.9. The fraction of sp³-hybridized carbons (Fsp3) is 0. The van der Waals surface area contributed by atoms with Gasteiger partial charge < -0.3 is 9.13 Å². The summed E-state index contributed by atoms with van der Waals surface area (Å²) >= 11 is 0. The maximum atomic E-state index is 15.3. The van der Waals surface area contributed by atoms with Gasteiger partial charge in [-0.25, -0.2) is 4.98 Å². The molecule has 0 fully saturated rings. The zero-order chi connectivity index (χ0) is 31.4. The van der Waals surface area contributed by atoms with Crippen LogP contribution >= 0.6 is 7.14 Å². The van der Waals surface area contributed by atoms with Gasteiger partial charge in [-0.3, -0.25) is 0 Å². The van der Waals surface area contributed by atoms with Crippen molar-refractivity contribution in [2.24, 2.45) is 0 Å². The molecule has 3 nitrogen and oxygen atoms in total. The monoisotopic (exact) mass is 620 g/mol. The molecule has 4 heteroatoms. The molecule has 0 saturated heterocycles. The fourth-order valence-electron chi connectivity index (χ4n) is 7.15. The van der Waals surface area contributed by atoms with Gasteiger partial charge in [-0.2, -0.15) is 0 Å². The number of benzene rings is 7. The number of rotatable bonds is 5. The predicted molar refractivity (Wildman–Crippen MR) is 198 cm³/mol. The summed E-state index contributed by atoms with van der Waals surface area (Å²) in [5.41, 5.74) is 6.19. The number of hydrogen-bond acceptors (Lipinski definition) is 2. The van der Waals surface area contributed by atoms with Gasteiger partial charge in [-0.05, 0) is 36.4 Å². The molecule has 0 bridgehead atoms. The Morgan fingerprint density at radius 1 is 0.447 bits per heavy atom. The lowest BCUT2D eigenvalue weighted by Crippen LogP contribution is -2.25. The zero-order valence-corrected chi connectivity index (χ0v) is 26.4. The van der Waals surface area contributed by atoms with E-state index in [2.05, 4.69) is 102 Å². The molecule has 0 aliphatic rings. The van der Waals surface area contributed by atoms with Gasteiger partial charge in [0.1, 0.15) is 0 Å². The van der Waals surface area contributed by atoms with Crippen molar-refractivity contribution in [1.82, 2.24) is 9.55 Å². The third-order valence-corrected chi connectivity index (χ3v) is 12.3. The first-order chi connectivity index (χ1) is 23.2. The van der Waals surface area contributed by atoms with Crippen LogP contribution in [0.2, 0.25) is 0 Å². The second-order valence-electron chi connectivity index (χ2n) is 11.9. The summed E-state index contributed by atoms with van der Waals surface area (Å²) < 4.78 is 17.7. The van der Waals surface area contributed by atoms with Gasteiger partial charge in [0.2, 0.25) is 0 Å². The van der Waals surface area contributed by atoms with Crippen LogP contribution in [0.1, 0.15) is 0 Å². The quantitative estimate of drug-likeness (QED) is 0.142. The fourth-order valence-corrected chi connectivity index (χ4v) is 9.84. The molecule has 2 heterocycles. The van der Waals surface area contributed by atoms with Crippen molar-refractivity contribution in [3.05, 3.63) is 176 Å².